The van der Waals surface area contributed by atoms with Crippen molar-refractivity contribution in [1.82, 2.24) is 15.6 Å². The number of nitrogens with one attached hydrogen (secondary N) is 2. The molecule has 0 amide bonds. The molecular formula is C10H20IN5O2S2. The maximum Gasteiger partial charge on any atom is 0.210 e. The van der Waals surface area contributed by atoms with Crippen LogP contribution in [0.1, 0.15) is 16.8 Å². The van der Waals surface area contributed by atoms with Crippen molar-refractivity contribution in [2.75, 3.05) is 18.8 Å². The Balaban J connectivity index is 0.00000361. The summed E-state index contributed by atoms with van der Waals surface area (Å²) in [6.07, 6.45) is 1.80. The van der Waals surface area contributed by atoms with Gasteiger partial charge >= 0.3 is 0 Å². The number of nitrogens with two attached hydrogens (primary N) is 1. The molecule has 0 spiro atoms. The highest BCUT2D eigenvalue weighted by Crippen LogP contribution is 2.11. The van der Waals surface area contributed by atoms with E-state index < -0.39 is 10.0 Å². The summed E-state index contributed by atoms with van der Waals surface area (Å²) in [7, 11) is -3.45. The number of thiazole rings is 1. The second-order valence-electron chi connectivity index (χ2n) is 3.85. The number of nitrogens with zero attached hydrogens (tertiary/aromatic N) is 2. The first-order valence-electron chi connectivity index (χ1n) is 5.84. The molecule has 0 aromatic carbocycles. The first kappa shape index (κ1) is 19.5. The minimum Gasteiger partial charge on any atom is -0.357 e. The number of sulfonamides is 1. The Bertz CT molecular complexity index is 530. The van der Waals surface area contributed by atoms with Crippen LogP contribution in [-0.4, -0.2) is 38.2 Å². The lowest BCUT2D eigenvalue weighted by Gasteiger charge is -2.10. The zero-order valence-corrected chi connectivity index (χ0v) is 15.4. The highest BCUT2D eigenvalue weighted by Gasteiger charge is 2.04. The Morgan fingerprint density at radius 2 is 2.20 bits per heavy atom. The summed E-state index contributed by atoms with van der Waals surface area (Å²) >= 11 is 1.59. The van der Waals surface area contributed by atoms with Crippen LogP contribution in [0.4, 0.5) is 0 Å². The predicted octanol–water partition coefficient (Wildman–Crippen LogP) is 0.413. The molecule has 0 unspecified atom stereocenters. The Labute approximate surface area is 140 Å². The second-order valence-corrected chi connectivity index (χ2v) is 6.91. The summed E-state index contributed by atoms with van der Waals surface area (Å²) in [5.74, 6) is 0.423. The molecule has 0 saturated carbocycles. The highest BCUT2D eigenvalue weighted by molar-refractivity contribution is 14.0. The van der Waals surface area contributed by atoms with Gasteiger partial charge in [-0.25, -0.2) is 23.5 Å². The first-order valence-corrected chi connectivity index (χ1v) is 8.38. The van der Waals surface area contributed by atoms with Gasteiger partial charge < -0.3 is 10.6 Å². The molecular weight excluding hydrogens is 413 g/mol. The van der Waals surface area contributed by atoms with Crippen molar-refractivity contribution in [2.45, 2.75) is 20.4 Å². The number of hydrogen-bond acceptors (Lipinski definition) is 5. The normalized spacial score (nSPS) is 11.8. The van der Waals surface area contributed by atoms with E-state index in [0.29, 0.717) is 19.0 Å². The summed E-state index contributed by atoms with van der Waals surface area (Å²) in [5, 5.41) is 11.8. The van der Waals surface area contributed by atoms with Gasteiger partial charge in [-0.2, -0.15) is 0 Å². The van der Waals surface area contributed by atoms with Crippen LogP contribution < -0.4 is 15.8 Å². The molecule has 1 heterocycles. The summed E-state index contributed by atoms with van der Waals surface area (Å²) in [4.78, 5) is 9.67. The molecule has 20 heavy (non-hydrogen) atoms. The van der Waals surface area contributed by atoms with Crippen molar-refractivity contribution >= 4 is 51.3 Å². The minimum atomic E-state index is -3.45. The summed E-state index contributed by atoms with van der Waals surface area (Å²) in [6, 6.07) is 0. The van der Waals surface area contributed by atoms with E-state index in [2.05, 4.69) is 20.6 Å². The van der Waals surface area contributed by atoms with Crippen molar-refractivity contribution in [3.8, 4) is 0 Å². The molecule has 0 aliphatic carbocycles. The Morgan fingerprint density at radius 1 is 1.50 bits per heavy atom. The monoisotopic (exact) mass is 433 g/mol. The van der Waals surface area contributed by atoms with Gasteiger partial charge in [-0.3, -0.25) is 0 Å². The van der Waals surface area contributed by atoms with Crippen LogP contribution in [0.2, 0.25) is 0 Å². The lowest BCUT2D eigenvalue weighted by molar-refractivity contribution is 0.596. The minimum absolute atomic E-state index is 0. The van der Waals surface area contributed by atoms with Crippen LogP contribution in [0.25, 0.3) is 0 Å². The van der Waals surface area contributed by atoms with Gasteiger partial charge in [-0.15, -0.1) is 35.3 Å². The number of guanidine groups is 1. The third kappa shape index (κ3) is 8.66. The smallest absolute Gasteiger partial charge is 0.210 e. The fourth-order valence-electron chi connectivity index (χ4n) is 1.27. The van der Waals surface area contributed by atoms with Crippen LogP contribution in [0.5, 0.6) is 0 Å². The molecule has 0 bridgehead atoms. The fourth-order valence-corrected chi connectivity index (χ4v) is 2.37. The van der Waals surface area contributed by atoms with E-state index in [9.17, 15) is 8.42 Å². The van der Waals surface area contributed by atoms with Gasteiger partial charge in [0.1, 0.15) is 5.01 Å². The SMILES string of the molecule is CCNC(=NCc1ncc(C)s1)NCCS(N)(=O)=O.I. The number of aromatic nitrogens is 1. The fraction of sp³-hybridized carbons (Fsp3) is 0.600. The molecule has 0 atom stereocenters. The number of hydrogen-bond donors (Lipinski definition) is 3. The molecule has 1 aromatic rings. The summed E-state index contributed by atoms with van der Waals surface area (Å²) in [5.41, 5.74) is 0. The van der Waals surface area contributed by atoms with Gasteiger partial charge in [0, 0.05) is 24.2 Å². The Kier molecular flexibility index (Phi) is 9.25. The van der Waals surface area contributed by atoms with Gasteiger partial charge in [0.15, 0.2) is 5.96 Å². The van der Waals surface area contributed by atoms with E-state index in [0.717, 1.165) is 9.88 Å². The molecule has 4 N–H and O–H groups in total. The van der Waals surface area contributed by atoms with Crippen LogP contribution in [-0.2, 0) is 16.6 Å². The number of halogens is 1. The predicted molar refractivity (Wildman–Crippen MR) is 93.1 cm³/mol. The van der Waals surface area contributed by atoms with Crippen molar-refractivity contribution < 1.29 is 8.42 Å². The van der Waals surface area contributed by atoms with E-state index in [-0.39, 0.29) is 36.3 Å². The van der Waals surface area contributed by atoms with Crippen molar-refractivity contribution in [1.29, 1.82) is 0 Å². The first-order chi connectivity index (χ1) is 8.90. The van der Waals surface area contributed by atoms with Gasteiger partial charge in [-0.05, 0) is 13.8 Å². The van der Waals surface area contributed by atoms with Crippen LogP contribution in [0.3, 0.4) is 0 Å². The van der Waals surface area contributed by atoms with E-state index >= 15 is 0 Å². The van der Waals surface area contributed by atoms with Gasteiger partial charge in [0.2, 0.25) is 10.0 Å². The van der Waals surface area contributed by atoms with E-state index in [1.165, 1.54) is 0 Å². The highest BCUT2D eigenvalue weighted by atomic mass is 127. The molecule has 1 rings (SSSR count). The molecule has 0 radical (unpaired) electrons. The molecule has 0 fully saturated rings. The largest absolute Gasteiger partial charge is 0.357 e. The second kappa shape index (κ2) is 9.47. The third-order valence-corrected chi connectivity index (χ3v) is 3.74. The third-order valence-electron chi connectivity index (χ3n) is 2.06. The van der Waals surface area contributed by atoms with Crippen molar-refractivity contribution in [3.63, 3.8) is 0 Å². The lowest BCUT2D eigenvalue weighted by Crippen LogP contribution is -2.40. The molecule has 1 aromatic heterocycles. The lowest BCUT2D eigenvalue weighted by atomic mass is 10.6. The molecule has 0 aliphatic heterocycles. The van der Waals surface area contributed by atoms with Crippen molar-refractivity contribution in [3.05, 3.63) is 16.1 Å². The average molecular weight is 433 g/mol. The molecule has 10 heteroatoms. The molecule has 7 nitrogen and oxygen atoms in total. The Hall–Kier alpha value is -0.460. The quantitative estimate of drug-likeness (QED) is 0.342. The van der Waals surface area contributed by atoms with Crippen LogP contribution in [0.15, 0.2) is 11.2 Å². The maximum absolute atomic E-state index is 10.8. The van der Waals surface area contributed by atoms with Crippen LogP contribution in [0, 0.1) is 6.92 Å². The number of aryl methyl sites for hydroxylation is 1. The van der Waals surface area contributed by atoms with Gasteiger partial charge in [-0.1, -0.05) is 0 Å². The van der Waals surface area contributed by atoms with Crippen LogP contribution >= 0.6 is 35.3 Å². The Morgan fingerprint density at radius 3 is 2.70 bits per heavy atom. The van der Waals surface area contributed by atoms with Gasteiger partial charge in [0.05, 0.1) is 12.3 Å². The molecule has 0 aliphatic rings. The van der Waals surface area contributed by atoms with E-state index in [1.54, 1.807) is 17.5 Å². The zero-order chi connectivity index (χ0) is 14.3. The van der Waals surface area contributed by atoms with E-state index in [4.69, 9.17) is 5.14 Å². The standard InChI is InChI=1S/C10H19N5O2S2.HI/c1-3-12-10(13-4-5-19(11,16)17)15-7-9-14-6-8(2)18-9;/h6H,3-5,7H2,1-2H3,(H2,11,16,17)(H2,12,13,15);1H. The average Bonchev–Trinajstić information content (AvgIpc) is 2.70. The number of rotatable bonds is 6. The zero-order valence-electron chi connectivity index (χ0n) is 11.4. The summed E-state index contributed by atoms with van der Waals surface area (Å²) < 4.78 is 21.6. The van der Waals surface area contributed by atoms with Crippen molar-refractivity contribution in [2.24, 2.45) is 10.1 Å². The number of primary sulfonamides is 1. The van der Waals surface area contributed by atoms with Gasteiger partial charge in [0.25, 0.3) is 0 Å². The topological polar surface area (TPSA) is 109 Å². The number of aliphatic imine (C=N–C) groups is 1. The van der Waals surface area contributed by atoms with E-state index in [1.807, 2.05) is 13.8 Å². The molecule has 0 saturated heterocycles. The molecule has 116 valence electrons. The summed E-state index contributed by atoms with van der Waals surface area (Å²) in [6.45, 7) is 5.30. The maximum atomic E-state index is 10.8.